The van der Waals surface area contributed by atoms with E-state index in [1.54, 1.807) is 25.1 Å². The predicted molar refractivity (Wildman–Crippen MR) is 63.7 cm³/mol. The lowest BCUT2D eigenvalue weighted by molar-refractivity contribution is -0.136. The molecule has 5 nitrogen and oxygen atoms in total. The molecule has 1 rings (SSSR count). The Morgan fingerprint density at radius 2 is 1.76 bits per heavy atom. The molecule has 0 aliphatic heterocycles. The number of halogens is 1. The number of hydrogen-bond donors (Lipinski definition) is 2. The standard InChI is InChI=1S/C11H12ClNO4/c1-7-2-3-8(12)4-9(7)13(5-10(14)15)6-11(16)17/h2-4H,5-6H2,1H3,(H,14,15)(H,16,17). The van der Waals surface area contributed by atoms with Gasteiger partial charge in [0.1, 0.15) is 13.1 Å². The van der Waals surface area contributed by atoms with Crippen LogP contribution in [0.25, 0.3) is 0 Å². The molecule has 0 unspecified atom stereocenters. The third-order valence-electron chi connectivity index (χ3n) is 2.16. The molecule has 0 bridgehead atoms. The number of nitrogens with zero attached hydrogens (tertiary/aromatic N) is 1. The molecule has 0 aromatic heterocycles. The molecule has 0 amide bonds. The first kappa shape index (κ1) is 13.3. The maximum atomic E-state index is 10.7. The Morgan fingerprint density at radius 3 is 2.24 bits per heavy atom. The fourth-order valence-electron chi connectivity index (χ4n) is 1.48. The highest BCUT2D eigenvalue weighted by molar-refractivity contribution is 6.30. The zero-order valence-electron chi connectivity index (χ0n) is 9.18. The van der Waals surface area contributed by atoms with E-state index in [9.17, 15) is 9.59 Å². The van der Waals surface area contributed by atoms with Crippen LogP contribution in [0, 0.1) is 6.92 Å². The van der Waals surface area contributed by atoms with Crippen LogP contribution in [0.2, 0.25) is 5.02 Å². The largest absolute Gasteiger partial charge is 0.480 e. The zero-order valence-corrected chi connectivity index (χ0v) is 9.94. The first-order chi connectivity index (χ1) is 7.90. The van der Waals surface area contributed by atoms with Crippen LogP contribution >= 0.6 is 11.6 Å². The molecule has 0 spiro atoms. The average molecular weight is 258 g/mol. The number of aliphatic carboxylic acids is 2. The molecule has 0 saturated carbocycles. The number of rotatable bonds is 5. The highest BCUT2D eigenvalue weighted by Gasteiger charge is 2.16. The van der Waals surface area contributed by atoms with Gasteiger partial charge in [-0.05, 0) is 24.6 Å². The lowest BCUT2D eigenvalue weighted by Gasteiger charge is -2.22. The maximum absolute atomic E-state index is 10.7. The van der Waals surface area contributed by atoms with Crippen molar-refractivity contribution in [3.05, 3.63) is 28.8 Å². The number of carbonyl (C=O) groups is 2. The van der Waals surface area contributed by atoms with E-state index >= 15 is 0 Å². The molecule has 0 atom stereocenters. The van der Waals surface area contributed by atoms with Gasteiger partial charge in [-0.3, -0.25) is 9.59 Å². The Kier molecular flexibility index (Phi) is 4.34. The SMILES string of the molecule is Cc1ccc(Cl)cc1N(CC(=O)O)CC(=O)O. The van der Waals surface area contributed by atoms with Crippen molar-refractivity contribution in [3.63, 3.8) is 0 Å². The van der Waals surface area contributed by atoms with Crippen LogP contribution < -0.4 is 4.90 Å². The minimum Gasteiger partial charge on any atom is -0.480 e. The minimum absolute atomic E-state index is 0.381. The maximum Gasteiger partial charge on any atom is 0.323 e. The van der Waals surface area contributed by atoms with E-state index in [2.05, 4.69) is 0 Å². The van der Waals surface area contributed by atoms with Gasteiger partial charge in [0.15, 0.2) is 0 Å². The first-order valence-corrected chi connectivity index (χ1v) is 5.22. The van der Waals surface area contributed by atoms with Crippen molar-refractivity contribution in [3.8, 4) is 0 Å². The molecule has 2 N–H and O–H groups in total. The number of benzene rings is 1. The van der Waals surface area contributed by atoms with Gasteiger partial charge in [-0.15, -0.1) is 0 Å². The van der Waals surface area contributed by atoms with Crippen LogP contribution in [0.15, 0.2) is 18.2 Å². The van der Waals surface area contributed by atoms with E-state index in [0.717, 1.165) is 5.56 Å². The highest BCUT2D eigenvalue weighted by atomic mass is 35.5. The molecule has 0 heterocycles. The fourth-order valence-corrected chi connectivity index (χ4v) is 1.64. The summed E-state index contributed by atoms with van der Waals surface area (Å²) >= 11 is 5.81. The second-order valence-electron chi connectivity index (χ2n) is 3.57. The Hall–Kier alpha value is -1.75. The molecule has 0 fully saturated rings. The van der Waals surface area contributed by atoms with E-state index in [4.69, 9.17) is 21.8 Å². The zero-order chi connectivity index (χ0) is 13.0. The molecule has 0 saturated heterocycles. The molecule has 92 valence electrons. The number of carboxylic acid groups (broad SMARTS) is 2. The number of anilines is 1. The van der Waals surface area contributed by atoms with Gasteiger partial charge in [-0.1, -0.05) is 17.7 Å². The summed E-state index contributed by atoms with van der Waals surface area (Å²) in [7, 11) is 0. The van der Waals surface area contributed by atoms with Crippen molar-refractivity contribution in [2.45, 2.75) is 6.92 Å². The topological polar surface area (TPSA) is 77.8 Å². The summed E-state index contributed by atoms with van der Waals surface area (Å²) < 4.78 is 0. The van der Waals surface area contributed by atoms with Gasteiger partial charge in [-0.2, -0.15) is 0 Å². The monoisotopic (exact) mass is 257 g/mol. The van der Waals surface area contributed by atoms with Crippen LogP contribution in [0.5, 0.6) is 0 Å². The normalized spacial score (nSPS) is 10.0. The third kappa shape index (κ3) is 3.96. The van der Waals surface area contributed by atoms with Gasteiger partial charge >= 0.3 is 11.9 Å². The minimum atomic E-state index is -1.09. The summed E-state index contributed by atoms with van der Waals surface area (Å²) in [5.74, 6) is -2.18. The van der Waals surface area contributed by atoms with Crippen molar-refractivity contribution in [1.29, 1.82) is 0 Å². The summed E-state index contributed by atoms with van der Waals surface area (Å²) in [4.78, 5) is 22.6. The van der Waals surface area contributed by atoms with Crippen molar-refractivity contribution in [1.82, 2.24) is 0 Å². The van der Waals surface area contributed by atoms with Gasteiger partial charge in [0, 0.05) is 10.7 Å². The van der Waals surface area contributed by atoms with Crippen molar-refractivity contribution in [2.24, 2.45) is 0 Å². The van der Waals surface area contributed by atoms with Crippen LogP contribution in [-0.2, 0) is 9.59 Å². The van der Waals surface area contributed by atoms with Crippen molar-refractivity contribution >= 4 is 29.2 Å². The summed E-state index contributed by atoms with van der Waals surface area (Å²) in [6.45, 7) is 1.00. The van der Waals surface area contributed by atoms with E-state index in [0.29, 0.717) is 10.7 Å². The number of aryl methyl sites for hydroxylation is 1. The van der Waals surface area contributed by atoms with Crippen molar-refractivity contribution in [2.75, 3.05) is 18.0 Å². The predicted octanol–water partition coefficient (Wildman–Crippen LogP) is 1.62. The summed E-state index contributed by atoms with van der Waals surface area (Å²) in [5, 5.41) is 17.9. The van der Waals surface area contributed by atoms with E-state index in [-0.39, 0.29) is 13.1 Å². The first-order valence-electron chi connectivity index (χ1n) is 4.85. The number of carboxylic acids is 2. The van der Waals surface area contributed by atoms with E-state index < -0.39 is 11.9 Å². The number of hydrogen-bond acceptors (Lipinski definition) is 3. The van der Waals surface area contributed by atoms with Crippen LogP contribution in [0.3, 0.4) is 0 Å². The lowest BCUT2D eigenvalue weighted by Crippen LogP contribution is -2.34. The molecular formula is C11H12ClNO4. The third-order valence-corrected chi connectivity index (χ3v) is 2.40. The molecule has 6 heteroatoms. The molecule has 0 radical (unpaired) electrons. The van der Waals surface area contributed by atoms with Crippen LogP contribution in [0.4, 0.5) is 5.69 Å². The van der Waals surface area contributed by atoms with E-state index in [1.165, 1.54) is 4.90 Å². The van der Waals surface area contributed by atoms with Crippen LogP contribution in [0.1, 0.15) is 5.56 Å². The quantitative estimate of drug-likeness (QED) is 0.838. The lowest BCUT2D eigenvalue weighted by atomic mass is 10.2. The van der Waals surface area contributed by atoms with Gasteiger partial charge in [0.2, 0.25) is 0 Å². The van der Waals surface area contributed by atoms with Gasteiger partial charge in [0.25, 0.3) is 0 Å². The van der Waals surface area contributed by atoms with Crippen molar-refractivity contribution < 1.29 is 19.8 Å². The molecule has 1 aromatic carbocycles. The summed E-state index contributed by atoms with van der Waals surface area (Å²) in [6, 6.07) is 4.94. The van der Waals surface area contributed by atoms with Gasteiger partial charge < -0.3 is 15.1 Å². The summed E-state index contributed by atoms with van der Waals surface area (Å²) in [5.41, 5.74) is 1.29. The Morgan fingerprint density at radius 1 is 1.24 bits per heavy atom. The summed E-state index contributed by atoms with van der Waals surface area (Å²) in [6.07, 6.45) is 0. The molecule has 17 heavy (non-hydrogen) atoms. The average Bonchev–Trinajstić information content (AvgIpc) is 2.19. The van der Waals surface area contributed by atoms with E-state index in [1.807, 2.05) is 0 Å². The molecule has 1 aromatic rings. The molecule has 0 aliphatic rings. The van der Waals surface area contributed by atoms with Crippen LogP contribution in [-0.4, -0.2) is 35.2 Å². The van der Waals surface area contributed by atoms with Gasteiger partial charge in [0.05, 0.1) is 0 Å². The second kappa shape index (κ2) is 5.54. The van der Waals surface area contributed by atoms with Gasteiger partial charge in [-0.25, -0.2) is 0 Å². The molecular weight excluding hydrogens is 246 g/mol. The molecule has 0 aliphatic carbocycles. The second-order valence-corrected chi connectivity index (χ2v) is 4.01. The highest BCUT2D eigenvalue weighted by Crippen LogP contribution is 2.24. The Balaban J connectivity index is 3.06. The smallest absolute Gasteiger partial charge is 0.323 e. The Bertz CT molecular complexity index is 431. The fraction of sp³-hybridized carbons (Fsp3) is 0.273. The Labute approximate surface area is 103 Å².